The summed E-state index contributed by atoms with van der Waals surface area (Å²) in [5.74, 6) is 1.71. The normalized spacial score (nSPS) is 21.8. The minimum absolute atomic E-state index is 0.370. The topological polar surface area (TPSA) is 71.8 Å². The number of nitrogens with zero attached hydrogens (tertiary/aromatic N) is 4. The third-order valence-electron chi connectivity index (χ3n) is 6.70. The minimum Gasteiger partial charge on any atom is -0.379 e. The van der Waals surface area contributed by atoms with Gasteiger partial charge in [0.2, 0.25) is 0 Å². The zero-order chi connectivity index (χ0) is 22.6. The van der Waals surface area contributed by atoms with Gasteiger partial charge >= 0.3 is 0 Å². The predicted octanol–water partition coefficient (Wildman–Crippen LogP) is 4.31. The molecule has 174 valence electrons. The SMILES string of the molecule is O=C(CC1CCC(Nc2ccc3ncc(-c4cccc(Cl)c4)n3n2)CC1)CN1CCOCC1. The third-order valence-corrected chi connectivity index (χ3v) is 6.94. The molecule has 1 aliphatic carbocycles. The number of ketones is 1. The van der Waals surface area contributed by atoms with Crippen LogP contribution >= 0.6 is 11.6 Å². The van der Waals surface area contributed by atoms with E-state index in [1.165, 1.54) is 0 Å². The molecule has 0 amide bonds. The predicted molar refractivity (Wildman–Crippen MR) is 130 cm³/mol. The molecule has 5 rings (SSSR count). The van der Waals surface area contributed by atoms with Crippen LogP contribution in [0.4, 0.5) is 5.82 Å². The van der Waals surface area contributed by atoms with Gasteiger partial charge in [0.25, 0.3) is 0 Å². The van der Waals surface area contributed by atoms with Crippen LogP contribution in [0.25, 0.3) is 16.9 Å². The average molecular weight is 468 g/mol. The fraction of sp³-hybridized carbons (Fsp3) is 0.480. The number of ether oxygens (including phenoxy) is 1. The van der Waals surface area contributed by atoms with Crippen molar-refractivity contribution in [3.8, 4) is 11.3 Å². The van der Waals surface area contributed by atoms with Crippen molar-refractivity contribution in [2.24, 2.45) is 5.92 Å². The molecule has 33 heavy (non-hydrogen) atoms. The Morgan fingerprint density at radius 3 is 2.73 bits per heavy atom. The molecular weight excluding hydrogens is 438 g/mol. The van der Waals surface area contributed by atoms with Crippen LogP contribution in [0.5, 0.6) is 0 Å². The van der Waals surface area contributed by atoms with Crippen molar-refractivity contribution < 1.29 is 9.53 Å². The van der Waals surface area contributed by atoms with Crippen LogP contribution < -0.4 is 5.32 Å². The fourth-order valence-corrected chi connectivity index (χ4v) is 5.10. The Bertz CT molecular complexity index is 1100. The van der Waals surface area contributed by atoms with Gasteiger partial charge in [0.15, 0.2) is 5.65 Å². The maximum Gasteiger partial charge on any atom is 0.154 e. The molecule has 2 fully saturated rings. The van der Waals surface area contributed by atoms with Crippen molar-refractivity contribution in [2.45, 2.75) is 38.1 Å². The maximum atomic E-state index is 12.5. The van der Waals surface area contributed by atoms with Crippen LogP contribution in [0.15, 0.2) is 42.6 Å². The molecule has 0 bridgehead atoms. The molecule has 3 aromatic rings. The Morgan fingerprint density at radius 1 is 1.12 bits per heavy atom. The van der Waals surface area contributed by atoms with E-state index in [1.807, 2.05) is 47.1 Å². The largest absolute Gasteiger partial charge is 0.379 e. The van der Waals surface area contributed by atoms with Crippen molar-refractivity contribution in [1.82, 2.24) is 19.5 Å². The lowest BCUT2D eigenvalue weighted by Gasteiger charge is -2.30. The summed E-state index contributed by atoms with van der Waals surface area (Å²) in [5, 5.41) is 9.09. The highest BCUT2D eigenvalue weighted by Crippen LogP contribution is 2.29. The molecule has 0 atom stereocenters. The van der Waals surface area contributed by atoms with E-state index >= 15 is 0 Å². The molecular formula is C25H30ClN5O2. The number of hydrogen-bond donors (Lipinski definition) is 1. The maximum absolute atomic E-state index is 12.5. The summed E-state index contributed by atoms with van der Waals surface area (Å²) < 4.78 is 7.23. The van der Waals surface area contributed by atoms with Crippen LogP contribution in [0.2, 0.25) is 5.02 Å². The number of Topliss-reactive ketones (excluding diaryl/α,β-unsaturated/α-hetero) is 1. The standard InChI is InChI=1S/C25H30ClN5O2/c26-20-3-1-2-19(15-20)23-16-27-25-9-8-24(29-31(23)25)28-21-6-4-18(5-7-21)14-22(32)17-30-10-12-33-13-11-30/h1-3,8-9,15-16,18,21H,4-7,10-14,17H2,(H,28,29). The molecule has 2 aliphatic rings. The van der Waals surface area contributed by atoms with Gasteiger partial charge in [-0.05, 0) is 55.9 Å². The van der Waals surface area contributed by atoms with E-state index in [1.54, 1.807) is 0 Å². The molecule has 0 unspecified atom stereocenters. The monoisotopic (exact) mass is 467 g/mol. The first kappa shape index (κ1) is 22.3. The Balaban J connectivity index is 1.16. The molecule has 7 nitrogen and oxygen atoms in total. The lowest BCUT2D eigenvalue weighted by atomic mass is 9.83. The highest BCUT2D eigenvalue weighted by molar-refractivity contribution is 6.30. The fourth-order valence-electron chi connectivity index (χ4n) is 4.91. The second-order valence-corrected chi connectivity index (χ2v) is 9.57. The van der Waals surface area contributed by atoms with Gasteiger partial charge < -0.3 is 10.1 Å². The van der Waals surface area contributed by atoms with Crippen molar-refractivity contribution in [3.63, 3.8) is 0 Å². The van der Waals surface area contributed by atoms with Gasteiger partial charge in [0.1, 0.15) is 11.6 Å². The van der Waals surface area contributed by atoms with E-state index in [2.05, 4.69) is 15.2 Å². The van der Waals surface area contributed by atoms with Gasteiger partial charge in [0.05, 0.1) is 31.6 Å². The molecule has 1 saturated heterocycles. The van der Waals surface area contributed by atoms with Crippen molar-refractivity contribution >= 4 is 28.8 Å². The average Bonchev–Trinajstić information content (AvgIpc) is 3.24. The molecule has 0 radical (unpaired) electrons. The second kappa shape index (κ2) is 10.2. The third kappa shape index (κ3) is 5.54. The zero-order valence-electron chi connectivity index (χ0n) is 18.8. The van der Waals surface area contributed by atoms with Crippen LogP contribution in [0.1, 0.15) is 32.1 Å². The van der Waals surface area contributed by atoms with Gasteiger partial charge in [-0.25, -0.2) is 9.50 Å². The highest BCUT2D eigenvalue weighted by atomic mass is 35.5. The molecule has 8 heteroatoms. The highest BCUT2D eigenvalue weighted by Gasteiger charge is 2.24. The van der Waals surface area contributed by atoms with E-state index in [9.17, 15) is 4.79 Å². The number of carbonyl (C=O) groups excluding carboxylic acids is 1. The minimum atomic E-state index is 0.370. The summed E-state index contributed by atoms with van der Waals surface area (Å²) >= 11 is 6.17. The smallest absolute Gasteiger partial charge is 0.154 e. The number of rotatable bonds is 7. The van der Waals surface area contributed by atoms with Crippen LogP contribution in [0.3, 0.4) is 0 Å². The van der Waals surface area contributed by atoms with Crippen LogP contribution in [-0.2, 0) is 9.53 Å². The van der Waals surface area contributed by atoms with Crippen molar-refractivity contribution in [1.29, 1.82) is 0 Å². The summed E-state index contributed by atoms with van der Waals surface area (Å²) in [6, 6.07) is 12.1. The van der Waals surface area contributed by atoms with Gasteiger partial charge in [0, 0.05) is 36.1 Å². The van der Waals surface area contributed by atoms with Crippen molar-refractivity contribution in [3.05, 3.63) is 47.6 Å². The molecule has 1 aromatic carbocycles. The van der Waals surface area contributed by atoms with Crippen molar-refractivity contribution in [2.75, 3.05) is 38.2 Å². The molecule has 0 spiro atoms. The first-order chi connectivity index (χ1) is 16.1. The number of aromatic nitrogens is 3. The van der Waals surface area contributed by atoms with Crippen LogP contribution in [-0.4, -0.2) is 64.2 Å². The summed E-state index contributed by atoms with van der Waals surface area (Å²) in [7, 11) is 0. The first-order valence-corrected chi connectivity index (χ1v) is 12.2. The number of nitrogens with one attached hydrogen (secondary N) is 1. The second-order valence-electron chi connectivity index (χ2n) is 9.14. The number of anilines is 1. The molecule has 3 heterocycles. The van der Waals surface area contributed by atoms with Crippen LogP contribution in [0, 0.1) is 5.92 Å². The zero-order valence-corrected chi connectivity index (χ0v) is 19.5. The van der Waals surface area contributed by atoms with Gasteiger partial charge in [-0.15, -0.1) is 5.10 Å². The number of fused-ring (bicyclic) bond motifs is 1. The van der Waals surface area contributed by atoms with E-state index in [-0.39, 0.29) is 0 Å². The first-order valence-electron chi connectivity index (χ1n) is 11.8. The number of morpholine rings is 1. The lowest BCUT2D eigenvalue weighted by molar-refractivity contribution is -0.122. The summed E-state index contributed by atoms with van der Waals surface area (Å²) in [6.07, 6.45) is 6.80. The number of benzene rings is 1. The van der Waals surface area contributed by atoms with E-state index in [0.717, 1.165) is 74.7 Å². The summed E-state index contributed by atoms with van der Waals surface area (Å²) in [5.41, 5.74) is 2.71. The molecule has 2 aromatic heterocycles. The van der Waals surface area contributed by atoms with Gasteiger partial charge in [-0.2, -0.15) is 0 Å². The van der Waals surface area contributed by atoms with E-state index in [0.29, 0.717) is 35.7 Å². The van der Waals surface area contributed by atoms with E-state index < -0.39 is 0 Å². The molecule has 1 saturated carbocycles. The number of imidazole rings is 1. The van der Waals surface area contributed by atoms with E-state index in [4.69, 9.17) is 21.4 Å². The molecule has 1 aliphatic heterocycles. The van der Waals surface area contributed by atoms with Gasteiger partial charge in [-0.3, -0.25) is 9.69 Å². The summed E-state index contributed by atoms with van der Waals surface area (Å²) in [6.45, 7) is 3.80. The number of halogens is 1. The number of carbonyl (C=O) groups is 1. The number of hydrogen-bond acceptors (Lipinski definition) is 6. The van der Waals surface area contributed by atoms with Gasteiger partial charge in [-0.1, -0.05) is 23.7 Å². The Kier molecular flexibility index (Phi) is 6.90. The Labute approximate surface area is 199 Å². The Hall–Kier alpha value is -2.48. The quantitative estimate of drug-likeness (QED) is 0.558. The molecule has 1 N–H and O–H groups in total. The summed E-state index contributed by atoms with van der Waals surface area (Å²) in [4.78, 5) is 19.2. The Morgan fingerprint density at radius 2 is 1.94 bits per heavy atom. The lowest BCUT2D eigenvalue weighted by Crippen LogP contribution is -2.40.